The van der Waals surface area contributed by atoms with Crippen molar-refractivity contribution in [2.24, 2.45) is 0 Å². The van der Waals surface area contributed by atoms with Crippen LogP contribution in [-0.4, -0.2) is 29.0 Å². The number of hydrogen-bond acceptors (Lipinski definition) is 4. The molecule has 1 aromatic heterocycles. The fraction of sp³-hybridized carbons (Fsp3) is 0.267. The fourth-order valence-corrected chi connectivity index (χ4v) is 1.85. The molecule has 0 saturated carbocycles. The maximum absolute atomic E-state index is 11.9. The zero-order valence-corrected chi connectivity index (χ0v) is 12.3. The van der Waals surface area contributed by atoms with Crippen LogP contribution in [0, 0.1) is 0 Å². The van der Waals surface area contributed by atoms with E-state index in [1.165, 1.54) is 16.9 Å². The van der Waals surface area contributed by atoms with Crippen molar-refractivity contribution in [2.45, 2.75) is 13.5 Å². The van der Waals surface area contributed by atoms with E-state index in [-0.39, 0.29) is 11.6 Å². The number of nitrogens with one attached hydrogen (secondary N) is 2. The van der Waals surface area contributed by atoms with E-state index in [2.05, 4.69) is 15.7 Å². The predicted octanol–water partition coefficient (Wildman–Crippen LogP) is 1.46. The highest BCUT2D eigenvalue weighted by Crippen LogP contribution is 2.23. The average molecular weight is 302 g/mol. The van der Waals surface area contributed by atoms with Gasteiger partial charge in [0.05, 0.1) is 18.8 Å². The van der Waals surface area contributed by atoms with Crippen LogP contribution in [0.4, 0.5) is 10.5 Å². The molecule has 1 heterocycles. The Labute approximate surface area is 127 Å². The third kappa shape index (κ3) is 4.34. The van der Waals surface area contributed by atoms with Crippen molar-refractivity contribution < 1.29 is 9.53 Å². The Morgan fingerprint density at radius 1 is 1.27 bits per heavy atom. The van der Waals surface area contributed by atoms with E-state index in [1.54, 1.807) is 18.2 Å². The molecule has 0 atom stereocenters. The van der Waals surface area contributed by atoms with Gasteiger partial charge < -0.3 is 15.4 Å². The number of rotatable bonds is 6. The van der Waals surface area contributed by atoms with E-state index in [1.807, 2.05) is 19.1 Å². The van der Waals surface area contributed by atoms with Crippen molar-refractivity contribution in [3.63, 3.8) is 0 Å². The van der Waals surface area contributed by atoms with Crippen molar-refractivity contribution in [3.05, 3.63) is 52.9 Å². The molecule has 2 rings (SSSR count). The second-order valence-electron chi connectivity index (χ2n) is 4.40. The number of anilines is 1. The Bertz CT molecular complexity index is 684. The van der Waals surface area contributed by atoms with E-state index in [4.69, 9.17) is 4.74 Å². The quantitative estimate of drug-likeness (QED) is 0.846. The van der Waals surface area contributed by atoms with Gasteiger partial charge in [0.2, 0.25) is 0 Å². The first-order valence-corrected chi connectivity index (χ1v) is 6.99. The molecule has 116 valence electrons. The number of nitrogens with zero attached hydrogens (tertiary/aromatic N) is 2. The van der Waals surface area contributed by atoms with Crippen molar-refractivity contribution in [1.29, 1.82) is 0 Å². The Kier molecular flexibility index (Phi) is 5.53. The molecule has 0 saturated heterocycles. The largest absolute Gasteiger partial charge is 0.492 e. The highest BCUT2D eigenvalue weighted by molar-refractivity contribution is 5.90. The van der Waals surface area contributed by atoms with Crippen molar-refractivity contribution >= 4 is 11.7 Å². The van der Waals surface area contributed by atoms with Crippen LogP contribution >= 0.6 is 0 Å². The molecule has 0 radical (unpaired) electrons. The first-order chi connectivity index (χ1) is 10.7. The van der Waals surface area contributed by atoms with Crippen LogP contribution in [0.2, 0.25) is 0 Å². The first kappa shape index (κ1) is 15.6. The Morgan fingerprint density at radius 2 is 2.09 bits per heavy atom. The molecule has 22 heavy (non-hydrogen) atoms. The summed E-state index contributed by atoms with van der Waals surface area (Å²) in [6, 6.07) is 9.82. The summed E-state index contributed by atoms with van der Waals surface area (Å²) in [5.41, 5.74) is 0.392. The normalized spacial score (nSPS) is 10.0. The van der Waals surface area contributed by atoms with Crippen LogP contribution < -0.4 is 20.9 Å². The molecule has 7 nitrogen and oxygen atoms in total. The predicted molar refractivity (Wildman–Crippen MR) is 83.1 cm³/mol. The van der Waals surface area contributed by atoms with Crippen LogP contribution in [-0.2, 0) is 6.54 Å². The number of amides is 2. The molecule has 2 amide bonds. The molecule has 0 bridgehead atoms. The van der Waals surface area contributed by atoms with Gasteiger partial charge in [-0.05, 0) is 25.1 Å². The minimum Gasteiger partial charge on any atom is -0.492 e. The number of carbonyl (C=O) groups is 1. The van der Waals surface area contributed by atoms with Gasteiger partial charge in [0.1, 0.15) is 5.75 Å². The Hall–Kier alpha value is -2.83. The number of aromatic nitrogens is 2. The lowest BCUT2D eigenvalue weighted by Crippen LogP contribution is -2.34. The van der Waals surface area contributed by atoms with Gasteiger partial charge in [-0.3, -0.25) is 4.79 Å². The first-order valence-electron chi connectivity index (χ1n) is 6.99. The summed E-state index contributed by atoms with van der Waals surface area (Å²) in [5.74, 6) is 0.612. The smallest absolute Gasteiger partial charge is 0.319 e. The number of ether oxygens (including phenoxy) is 1. The lowest BCUT2D eigenvalue weighted by molar-refractivity contribution is 0.251. The number of para-hydroxylation sites is 2. The van der Waals surface area contributed by atoms with Gasteiger partial charge in [0, 0.05) is 18.8 Å². The van der Waals surface area contributed by atoms with Gasteiger partial charge in [-0.1, -0.05) is 12.1 Å². The van der Waals surface area contributed by atoms with E-state index < -0.39 is 0 Å². The van der Waals surface area contributed by atoms with Crippen LogP contribution in [0.3, 0.4) is 0 Å². The molecule has 0 aliphatic rings. The molecule has 0 spiro atoms. The number of benzene rings is 1. The fourth-order valence-electron chi connectivity index (χ4n) is 1.85. The van der Waals surface area contributed by atoms with Crippen LogP contribution in [0.25, 0.3) is 0 Å². The van der Waals surface area contributed by atoms with Crippen LogP contribution in [0.15, 0.2) is 47.4 Å². The standard InChI is InChI=1S/C15H18N4O3/c1-2-22-13-7-4-3-6-12(13)18-15(21)16-10-11-19-14(20)8-5-9-17-19/h3-9H,2,10-11H2,1H3,(H2,16,18,21). The maximum atomic E-state index is 11.9. The minimum atomic E-state index is -0.365. The van der Waals surface area contributed by atoms with Crippen molar-refractivity contribution in [2.75, 3.05) is 18.5 Å². The van der Waals surface area contributed by atoms with E-state index >= 15 is 0 Å². The molecule has 2 N–H and O–H groups in total. The van der Waals surface area contributed by atoms with Crippen molar-refractivity contribution in [1.82, 2.24) is 15.1 Å². The zero-order chi connectivity index (χ0) is 15.8. The van der Waals surface area contributed by atoms with E-state index in [0.29, 0.717) is 31.1 Å². The molecule has 2 aromatic rings. The van der Waals surface area contributed by atoms with E-state index in [0.717, 1.165) is 0 Å². The zero-order valence-electron chi connectivity index (χ0n) is 12.3. The summed E-state index contributed by atoms with van der Waals surface area (Å²) in [4.78, 5) is 23.3. The van der Waals surface area contributed by atoms with Crippen molar-refractivity contribution in [3.8, 4) is 5.75 Å². The molecule has 0 fully saturated rings. The monoisotopic (exact) mass is 302 g/mol. The second-order valence-corrected chi connectivity index (χ2v) is 4.40. The van der Waals surface area contributed by atoms with Crippen LogP contribution in [0.5, 0.6) is 5.75 Å². The van der Waals surface area contributed by atoms with Gasteiger partial charge in [0.15, 0.2) is 0 Å². The number of urea groups is 1. The maximum Gasteiger partial charge on any atom is 0.319 e. The molecule has 0 aliphatic heterocycles. The van der Waals surface area contributed by atoms with Gasteiger partial charge in [-0.15, -0.1) is 0 Å². The second kappa shape index (κ2) is 7.82. The lowest BCUT2D eigenvalue weighted by Gasteiger charge is -2.12. The highest BCUT2D eigenvalue weighted by atomic mass is 16.5. The summed E-state index contributed by atoms with van der Waals surface area (Å²) in [7, 11) is 0. The lowest BCUT2D eigenvalue weighted by atomic mass is 10.3. The third-order valence-corrected chi connectivity index (χ3v) is 2.83. The summed E-state index contributed by atoms with van der Waals surface area (Å²) in [6.07, 6.45) is 1.53. The SMILES string of the molecule is CCOc1ccccc1NC(=O)NCCn1ncccc1=O. The minimum absolute atomic E-state index is 0.202. The molecule has 7 heteroatoms. The molecule has 1 aromatic carbocycles. The Morgan fingerprint density at radius 3 is 2.86 bits per heavy atom. The number of carbonyl (C=O) groups excluding carboxylic acids is 1. The Balaban J connectivity index is 1.86. The topological polar surface area (TPSA) is 85.2 Å². The molecular formula is C15H18N4O3. The molecule has 0 aliphatic carbocycles. The summed E-state index contributed by atoms with van der Waals surface area (Å²) >= 11 is 0. The van der Waals surface area contributed by atoms with Gasteiger partial charge in [0.25, 0.3) is 5.56 Å². The van der Waals surface area contributed by atoms with Crippen LogP contribution in [0.1, 0.15) is 6.92 Å². The summed E-state index contributed by atoms with van der Waals surface area (Å²) in [5, 5.41) is 9.29. The highest BCUT2D eigenvalue weighted by Gasteiger charge is 2.06. The summed E-state index contributed by atoms with van der Waals surface area (Å²) < 4.78 is 6.72. The summed E-state index contributed by atoms with van der Waals surface area (Å²) in [6.45, 7) is 2.99. The van der Waals surface area contributed by atoms with Gasteiger partial charge in [-0.2, -0.15) is 5.10 Å². The van der Waals surface area contributed by atoms with Gasteiger partial charge >= 0.3 is 6.03 Å². The molecule has 0 unspecified atom stereocenters. The van der Waals surface area contributed by atoms with E-state index in [9.17, 15) is 9.59 Å². The number of hydrogen-bond donors (Lipinski definition) is 2. The molecular weight excluding hydrogens is 284 g/mol. The average Bonchev–Trinajstić information content (AvgIpc) is 2.51. The van der Waals surface area contributed by atoms with Gasteiger partial charge in [-0.25, -0.2) is 9.48 Å². The third-order valence-electron chi connectivity index (χ3n) is 2.83.